The van der Waals surface area contributed by atoms with Gasteiger partial charge in [0.25, 0.3) is 0 Å². The molecule has 0 saturated carbocycles. The van der Waals surface area contributed by atoms with Crippen molar-refractivity contribution in [2.75, 3.05) is 6.61 Å². The van der Waals surface area contributed by atoms with Gasteiger partial charge in [-0.05, 0) is 43.9 Å². The van der Waals surface area contributed by atoms with Crippen LogP contribution in [0.15, 0.2) is 12.1 Å². The van der Waals surface area contributed by atoms with E-state index < -0.39 is 0 Å². The van der Waals surface area contributed by atoms with E-state index in [-0.39, 0.29) is 6.04 Å². The Hall–Kier alpha value is -0.730. The van der Waals surface area contributed by atoms with Crippen LogP contribution >= 0.6 is 11.6 Å². The molecular formula is C13H20ClNO. The molecule has 1 atom stereocenters. The summed E-state index contributed by atoms with van der Waals surface area (Å²) in [6.45, 7) is 6.70. The second kappa shape index (κ2) is 6.12. The first kappa shape index (κ1) is 13.3. The van der Waals surface area contributed by atoms with Crippen molar-refractivity contribution in [3.05, 3.63) is 28.3 Å². The molecule has 3 heteroatoms. The van der Waals surface area contributed by atoms with Crippen LogP contribution in [-0.2, 0) is 12.8 Å². The van der Waals surface area contributed by atoms with E-state index >= 15 is 0 Å². The summed E-state index contributed by atoms with van der Waals surface area (Å²) in [7, 11) is 0. The third-order valence-electron chi connectivity index (χ3n) is 2.41. The maximum atomic E-state index is 6.21. The van der Waals surface area contributed by atoms with Gasteiger partial charge in [0.1, 0.15) is 5.75 Å². The van der Waals surface area contributed by atoms with E-state index in [4.69, 9.17) is 22.1 Å². The second-order valence-corrected chi connectivity index (χ2v) is 4.44. The normalized spacial score (nSPS) is 12.6. The second-order valence-electron chi connectivity index (χ2n) is 4.03. The molecule has 0 aromatic heterocycles. The molecule has 0 amide bonds. The molecule has 0 fully saturated rings. The number of ether oxygens (including phenoxy) is 1. The van der Waals surface area contributed by atoms with Crippen molar-refractivity contribution in [2.45, 2.75) is 39.7 Å². The van der Waals surface area contributed by atoms with Gasteiger partial charge in [0, 0.05) is 6.04 Å². The van der Waals surface area contributed by atoms with Gasteiger partial charge >= 0.3 is 0 Å². The summed E-state index contributed by atoms with van der Waals surface area (Å²) in [5, 5.41) is 0.692. The van der Waals surface area contributed by atoms with E-state index in [1.54, 1.807) is 0 Å². The first-order valence-corrected chi connectivity index (χ1v) is 6.15. The fourth-order valence-corrected chi connectivity index (χ4v) is 2.09. The van der Waals surface area contributed by atoms with Crippen LogP contribution in [0.4, 0.5) is 0 Å². The topological polar surface area (TPSA) is 35.2 Å². The van der Waals surface area contributed by atoms with Crippen LogP contribution in [0.2, 0.25) is 5.02 Å². The van der Waals surface area contributed by atoms with Crippen LogP contribution < -0.4 is 10.5 Å². The van der Waals surface area contributed by atoms with Gasteiger partial charge in [-0.15, -0.1) is 0 Å². The lowest BCUT2D eigenvalue weighted by Gasteiger charge is -2.14. The standard InChI is InChI=1S/C13H20ClNO/c1-4-11-7-10(6-9(3)15)8-12(14)13(11)16-5-2/h7-9H,4-6,15H2,1-3H3. The van der Waals surface area contributed by atoms with E-state index in [1.807, 2.05) is 19.9 Å². The molecule has 0 radical (unpaired) electrons. The Bertz CT molecular complexity index is 350. The molecule has 1 rings (SSSR count). The average molecular weight is 242 g/mol. The minimum absolute atomic E-state index is 0.152. The summed E-state index contributed by atoms with van der Waals surface area (Å²) >= 11 is 6.21. The number of halogens is 1. The summed E-state index contributed by atoms with van der Waals surface area (Å²) in [6, 6.07) is 4.24. The minimum Gasteiger partial charge on any atom is -0.492 e. The molecule has 1 aromatic carbocycles. The lowest BCUT2D eigenvalue weighted by Crippen LogP contribution is -2.17. The van der Waals surface area contributed by atoms with E-state index in [9.17, 15) is 0 Å². The lowest BCUT2D eigenvalue weighted by atomic mass is 10.0. The predicted octanol–water partition coefficient (Wildman–Crippen LogP) is 3.19. The first-order chi connectivity index (χ1) is 7.58. The number of rotatable bonds is 5. The largest absolute Gasteiger partial charge is 0.492 e. The summed E-state index contributed by atoms with van der Waals surface area (Å²) in [6.07, 6.45) is 1.76. The van der Waals surface area contributed by atoms with E-state index in [0.717, 1.165) is 24.2 Å². The van der Waals surface area contributed by atoms with Crippen LogP contribution in [0.1, 0.15) is 31.9 Å². The Balaban J connectivity index is 3.05. The number of benzene rings is 1. The molecular weight excluding hydrogens is 222 g/mol. The number of hydrogen-bond acceptors (Lipinski definition) is 2. The van der Waals surface area contributed by atoms with Gasteiger partial charge in [0.05, 0.1) is 11.6 Å². The van der Waals surface area contributed by atoms with Gasteiger partial charge < -0.3 is 10.5 Å². The van der Waals surface area contributed by atoms with Crippen LogP contribution in [0.3, 0.4) is 0 Å². The van der Waals surface area contributed by atoms with Gasteiger partial charge in [-0.1, -0.05) is 24.6 Å². The third kappa shape index (κ3) is 3.39. The zero-order chi connectivity index (χ0) is 12.1. The SMILES string of the molecule is CCOc1c(Cl)cc(CC(C)N)cc1CC. The maximum absolute atomic E-state index is 6.21. The van der Waals surface area contributed by atoms with E-state index in [1.165, 1.54) is 5.56 Å². The third-order valence-corrected chi connectivity index (χ3v) is 2.69. The molecule has 0 aliphatic heterocycles. The zero-order valence-electron chi connectivity index (χ0n) is 10.2. The summed E-state index contributed by atoms with van der Waals surface area (Å²) in [4.78, 5) is 0. The monoisotopic (exact) mass is 241 g/mol. The highest BCUT2D eigenvalue weighted by molar-refractivity contribution is 6.32. The molecule has 0 saturated heterocycles. The molecule has 2 N–H and O–H groups in total. The van der Waals surface area contributed by atoms with Gasteiger partial charge in [0.15, 0.2) is 0 Å². The smallest absolute Gasteiger partial charge is 0.141 e. The van der Waals surface area contributed by atoms with Gasteiger partial charge in [-0.25, -0.2) is 0 Å². The van der Waals surface area contributed by atoms with Gasteiger partial charge in [-0.2, -0.15) is 0 Å². The molecule has 0 bridgehead atoms. The Kier molecular flexibility index (Phi) is 5.10. The van der Waals surface area contributed by atoms with E-state index in [2.05, 4.69) is 13.0 Å². The van der Waals surface area contributed by atoms with Crippen molar-refractivity contribution in [3.8, 4) is 5.75 Å². The van der Waals surface area contributed by atoms with Crippen LogP contribution in [-0.4, -0.2) is 12.6 Å². The summed E-state index contributed by atoms with van der Waals surface area (Å²) < 4.78 is 5.56. The van der Waals surface area contributed by atoms with Crippen molar-refractivity contribution < 1.29 is 4.74 Å². The highest BCUT2D eigenvalue weighted by atomic mass is 35.5. The van der Waals surface area contributed by atoms with Crippen molar-refractivity contribution >= 4 is 11.6 Å². The molecule has 1 unspecified atom stereocenters. The van der Waals surface area contributed by atoms with E-state index in [0.29, 0.717) is 11.6 Å². The minimum atomic E-state index is 0.152. The molecule has 0 aliphatic rings. The van der Waals surface area contributed by atoms with Crippen molar-refractivity contribution in [1.29, 1.82) is 0 Å². The molecule has 16 heavy (non-hydrogen) atoms. The highest BCUT2D eigenvalue weighted by Gasteiger charge is 2.10. The zero-order valence-corrected chi connectivity index (χ0v) is 11.0. The number of hydrogen-bond donors (Lipinski definition) is 1. The summed E-state index contributed by atoms with van der Waals surface area (Å²) in [5.74, 6) is 0.820. The van der Waals surface area contributed by atoms with Gasteiger partial charge in [0.2, 0.25) is 0 Å². The lowest BCUT2D eigenvalue weighted by molar-refractivity contribution is 0.337. The van der Waals surface area contributed by atoms with Crippen molar-refractivity contribution in [3.63, 3.8) is 0 Å². The average Bonchev–Trinajstić information content (AvgIpc) is 2.20. The van der Waals surface area contributed by atoms with Crippen LogP contribution in [0, 0.1) is 0 Å². The Morgan fingerprint density at radius 1 is 1.38 bits per heavy atom. The molecule has 0 aliphatic carbocycles. The maximum Gasteiger partial charge on any atom is 0.141 e. The van der Waals surface area contributed by atoms with Gasteiger partial charge in [-0.3, -0.25) is 0 Å². The fourth-order valence-electron chi connectivity index (χ4n) is 1.77. The molecule has 0 spiro atoms. The Morgan fingerprint density at radius 3 is 2.56 bits per heavy atom. The quantitative estimate of drug-likeness (QED) is 0.859. The molecule has 2 nitrogen and oxygen atoms in total. The summed E-state index contributed by atoms with van der Waals surface area (Å²) in [5.41, 5.74) is 8.13. The molecule has 90 valence electrons. The highest BCUT2D eigenvalue weighted by Crippen LogP contribution is 2.31. The van der Waals surface area contributed by atoms with Crippen molar-refractivity contribution in [1.82, 2.24) is 0 Å². The Labute approximate surface area is 103 Å². The molecule has 1 aromatic rings. The molecule has 0 heterocycles. The fraction of sp³-hybridized carbons (Fsp3) is 0.538. The predicted molar refractivity (Wildman–Crippen MR) is 69.4 cm³/mol. The van der Waals surface area contributed by atoms with Crippen LogP contribution in [0.25, 0.3) is 0 Å². The number of aryl methyl sites for hydroxylation is 1. The Morgan fingerprint density at radius 2 is 2.06 bits per heavy atom. The first-order valence-electron chi connectivity index (χ1n) is 5.78. The van der Waals surface area contributed by atoms with Crippen molar-refractivity contribution in [2.24, 2.45) is 5.73 Å². The number of nitrogens with two attached hydrogens (primary N) is 1. The van der Waals surface area contributed by atoms with Crippen LogP contribution in [0.5, 0.6) is 5.75 Å².